The number of aryl methyl sites for hydroxylation is 2. The van der Waals surface area contributed by atoms with Crippen molar-refractivity contribution in [3.63, 3.8) is 0 Å². The number of nitrogens with one attached hydrogen (secondary N) is 1. The summed E-state index contributed by atoms with van der Waals surface area (Å²) in [6.07, 6.45) is -2.14. The van der Waals surface area contributed by atoms with Crippen LogP contribution in [0.5, 0.6) is 0 Å². The summed E-state index contributed by atoms with van der Waals surface area (Å²) in [5, 5.41) is 22.2. The molecule has 4 rings (SSSR count). The van der Waals surface area contributed by atoms with Crippen LogP contribution in [0.4, 0.5) is 0 Å². The Morgan fingerprint density at radius 1 is 0.738 bits per heavy atom. The third kappa shape index (κ3) is 8.98. The van der Waals surface area contributed by atoms with Crippen molar-refractivity contribution >= 4 is 23.9 Å². The van der Waals surface area contributed by atoms with Crippen molar-refractivity contribution in [3.8, 4) is 0 Å². The van der Waals surface area contributed by atoms with Gasteiger partial charge in [-0.15, -0.1) is 0 Å². The van der Waals surface area contributed by atoms with Crippen molar-refractivity contribution in [1.29, 1.82) is 0 Å². The number of rotatable bonds is 8. The first kappa shape index (κ1) is 32.0. The zero-order chi connectivity index (χ0) is 30.8. The highest BCUT2D eigenvalue weighted by Gasteiger charge is 2.41. The van der Waals surface area contributed by atoms with Crippen molar-refractivity contribution in [3.05, 3.63) is 107 Å². The minimum atomic E-state index is -2.22. The fraction of sp³-hybridized carbons (Fsp3) is 0.312. The highest BCUT2D eigenvalue weighted by molar-refractivity contribution is 5.95. The molecule has 222 valence electrons. The molecule has 1 aliphatic rings. The number of ether oxygens (including phenoxy) is 2. The topological polar surface area (TPSA) is 165 Å². The Kier molecular flexibility index (Phi) is 11.3. The van der Waals surface area contributed by atoms with Crippen LogP contribution in [0.1, 0.15) is 63.2 Å². The normalized spacial score (nSPS) is 19.3. The molecule has 0 aromatic heterocycles. The van der Waals surface area contributed by atoms with E-state index in [-0.39, 0.29) is 17.2 Å². The standard InChI is InChI=1S/C20H18O8.C12H18N2/c1-11-3-7-13(8-4-11)19(25)27-15(17(21)22)16(18(23)24)28-20(26)14-9-5-12(2)6-10-14;1-9-7-8-11(13)12(14-9)10-5-3-2-4-6-10/h3-10,15-16H,1-2H3,(H,21,22)(H,23,24);2-6,9,11-12,14H,7-8,13H2,1H3/t15-,16-;9-,11+,12+/m11/s1. The number of nitrogens with two attached hydrogens (primary N) is 1. The van der Waals surface area contributed by atoms with E-state index in [2.05, 4.69) is 36.5 Å². The highest BCUT2D eigenvalue weighted by Crippen LogP contribution is 2.24. The second-order valence-corrected chi connectivity index (χ2v) is 10.3. The molecule has 1 saturated heterocycles. The number of carbonyl (C=O) groups is 4. The third-order valence-corrected chi connectivity index (χ3v) is 6.79. The van der Waals surface area contributed by atoms with Crippen LogP contribution >= 0.6 is 0 Å². The van der Waals surface area contributed by atoms with Gasteiger partial charge in [0.1, 0.15) is 0 Å². The second kappa shape index (κ2) is 14.9. The van der Waals surface area contributed by atoms with Gasteiger partial charge in [0.2, 0.25) is 12.2 Å². The molecule has 5 N–H and O–H groups in total. The lowest BCUT2D eigenvalue weighted by molar-refractivity contribution is -0.166. The summed E-state index contributed by atoms with van der Waals surface area (Å²) < 4.78 is 9.64. The van der Waals surface area contributed by atoms with Crippen LogP contribution in [0.15, 0.2) is 78.9 Å². The lowest BCUT2D eigenvalue weighted by Gasteiger charge is -2.34. The summed E-state index contributed by atoms with van der Waals surface area (Å²) in [5.74, 6) is -5.62. The van der Waals surface area contributed by atoms with Gasteiger partial charge < -0.3 is 30.7 Å². The fourth-order valence-corrected chi connectivity index (χ4v) is 4.36. The van der Waals surface area contributed by atoms with Crippen molar-refractivity contribution < 1.29 is 38.9 Å². The van der Waals surface area contributed by atoms with Gasteiger partial charge in [-0.1, -0.05) is 65.7 Å². The van der Waals surface area contributed by atoms with Crippen molar-refractivity contribution in [2.24, 2.45) is 5.73 Å². The molecule has 0 aliphatic carbocycles. The molecular formula is C32H36N2O8. The predicted molar refractivity (Wildman–Crippen MR) is 155 cm³/mol. The summed E-state index contributed by atoms with van der Waals surface area (Å²) in [6.45, 7) is 5.81. The first-order chi connectivity index (χ1) is 20.0. The Labute approximate surface area is 244 Å². The van der Waals surface area contributed by atoms with E-state index in [0.29, 0.717) is 12.1 Å². The number of hydrogen-bond donors (Lipinski definition) is 4. The van der Waals surface area contributed by atoms with Gasteiger partial charge in [0, 0.05) is 18.1 Å². The van der Waals surface area contributed by atoms with Crippen LogP contribution < -0.4 is 11.1 Å². The molecule has 0 bridgehead atoms. The smallest absolute Gasteiger partial charge is 0.349 e. The molecule has 3 aromatic carbocycles. The first-order valence-electron chi connectivity index (χ1n) is 13.5. The molecule has 1 aliphatic heterocycles. The summed E-state index contributed by atoms with van der Waals surface area (Å²) in [5.41, 5.74) is 9.21. The molecule has 1 fully saturated rings. The lowest BCUT2D eigenvalue weighted by Crippen LogP contribution is -2.46. The number of aliphatic carboxylic acids is 2. The number of carboxylic acid groups (broad SMARTS) is 2. The van der Waals surface area contributed by atoms with Gasteiger partial charge in [0.25, 0.3) is 0 Å². The number of benzene rings is 3. The number of esters is 2. The van der Waals surface area contributed by atoms with Crippen LogP contribution in [0.3, 0.4) is 0 Å². The van der Waals surface area contributed by atoms with Crippen LogP contribution in [-0.4, -0.2) is 58.4 Å². The fourth-order valence-electron chi connectivity index (χ4n) is 4.36. The van der Waals surface area contributed by atoms with E-state index in [4.69, 9.17) is 15.2 Å². The van der Waals surface area contributed by atoms with Crippen molar-refractivity contribution in [2.75, 3.05) is 0 Å². The predicted octanol–water partition coefficient (Wildman–Crippen LogP) is 4.05. The number of hydrogen-bond acceptors (Lipinski definition) is 8. The molecule has 1 heterocycles. The van der Waals surface area contributed by atoms with Gasteiger partial charge in [-0.2, -0.15) is 0 Å². The quantitative estimate of drug-likeness (QED) is 0.287. The number of carbonyl (C=O) groups excluding carboxylic acids is 2. The zero-order valence-electron chi connectivity index (χ0n) is 23.7. The summed E-state index contributed by atoms with van der Waals surface area (Å²) >= 11 is 0. The first-order valence-corrected chi connectivity index (χ1v) is 13.5. The average Bonchev–Trinajstić information content (AvgIpc) is 2.97. The number of piperidine rings is 1. The van der Waals surface area contributed by atoms with Crippen LogP contribution in [0, 0.1) is 13.8 Å². The van der Waals surface area contributed by atoms with Crippen molar-refractivity contribution in [1.82, 2.24) is 5.32 Å². The summed E-state index contributed by atoms with van der Waals surface area (Å²) in [6, 6.07) is 23.7. The van der Waals surface area contributed by atoms with E-state index >= 15 is 0 Å². The van der Waals surface area contributed by atoms with E-state index in [1.807, 2.05) is 6.07 Å². The van der Waals surface area contributed by atoms with E-state index in [1.165, 1.54) is 36.2 Å². The van der Waals surface area contributed by atoms with E-state index in [0.717, 1.165) is 17.5 Å². The second-order valence-electron chi connectivity index (χ2n) is 10.3. The maximum Gasteiger partial charge on any atom is 0.349 e. The molecule has 0 amide bonds. The molecule has 10 nitrogen and oxygen atoms in total. The Hall–Kier alpha value is -4.54. The molecule has 42 heavy (non-hydrogen) atoms. The van der Waals surface area contributed by atoms with E-state index < -0.39 is 36.1 Å². The van der Waals surface area contributed by atoms with E-state index in [1.54, 1.807) is 38.1 Å². The average molecular weight is 577 g/mol. The Bertz CT molecular complexity index is 1280. The van der Waals surface area contributed by atoms with Gasteiger partial charge in [-0.05, 0) is 63.4 Å². The minimum absolute atomic E-state index is 0.0332. The van der Waals surface area contributed by atoms with Crippen LogP contribution in [-0.2, 0) is 19.1 Å². The molecule has 0 unspecified atom stereocenters. The Morgan fingerprint density at radius 3 is 1.57 bits per heavy atom. The zero-order valence-corrected chi connectivity index (χ0v) is 23.7. The SMILES string of the molecule is C[C@@H]1CC[C@H](N)[C@H](c2ccccc2)N1.Cc1ccc(C(=O)O[C@@H](C(=O)O)[C@@H](OC(=O)c2ccc(C)cc2)C(=O)O)cc1. The minimum Gasteiger partial charge on any atom is -0.478 e. The van der Waals surface area contributed by atoms with Gasteiger partial charge in [0.15, 0.2) is 0 Å². The summed E-state index contributed by atoms with van der Waals surface area (Å²) in [4.78, 5) is 47.3. The van der Waals surface area contributed by atoms with Crippen LogP contribution in [0.2, 0.25) is 0 Å². The maximum absolute atomic E-state index is 12.2. The Balaban J connectivity index is 0.000000287. The van der Waals surface area contributed by atoms with Crippen molar-refractivity contribution in [2.45, 2.75) is 63.9 Å². The van der Waals surface area contributed by atoms with Crippen LogP contribution in [0.25, 0.3) is 0 Å². The third-order valence-electron chi connectivity index (χ3n) is 6.79. The summed E-state index contributed by atoms with van der Waals surface area (Å²) in [7, 11) is 0. The lowest BCUT2D eigenvalue weighted by atomic mass is 9.90. The van der Waals surface area contributed by atoms with Gasteiger partial charge >= 0.3 is 23.9 Å². The van der Waals surface area contributed by atoms with E-state index in [9.17, 15) is 29.4 Å². The monoisotopic (exact) mass is 576 g/mol. The molecule has 0 radical (unpaired) electrons. The van der Waals surface area contributed by atoms with Gasteiger partial charge in [0.05, 0.1) is 11.1 Å². The molecule has 0 spiro atoms. The molecule has 10 heteroatoms. The molecular weight excluding hydrogens is 540 g/mol. The molecule has 0 saturated carbocycles. The Morgan fingerprint density at radius 2 is 1.17 bits per heavy atom. The van der Waals surface area contributed by atoms with Gasteiger partial charge in [-0.3, -0.25) is 0 Å². The molecule has 3 aromatic rings. The maximum atomic E-state index is 12.2. The molecule has 5 atom stereocenters. The largest absolute Gasteiger partial charge is 0.478 e. The number of carboxylic acids is 2. The highest BCUT2D eigenvalue weighted by atomic mass is 16.6. The van der Waals surface area contributed by atoms with Gasteiger partial charge in [-0.25, -0.2) is 19.2 Å².